The molecule has 8 heteroatoms. The normalized spacial score (nSPS) is 20.0. The standard InChI is InChI=1S/C17H19FN2O5/c1-17(2)24-15(21)12(16(22)25-17)10-19-13-9-11(18)3-4-14(13)20-5-7-23-8-6-20/h3-4,9-10,19H,5-8H2,1-2H3. The van der Waals surface area contributed by atoms with Crippen LogP contribution in [0.2, 0.25) is 0 Å². The zero-order valence-corrected chi connectivity index (χ0v) is 14.0. The van der Waals surface area contributed by atoms with Gasteiger partial charge in [0.05, 0.1) is 24.6 Å². The summed E-state index contributed by atoms with van der Waals surface area (Å²) in [6.45, 7) is 5.41. The smallest absolute Gasteiger partial charge is 0.350 e. The maximum atomic E-state index is 13.6. The summed E-state index contributed by atoms with van der Waals surface area (Å²) in [4.78, 5) is 26.0. The Morgan fingerprint density at radius 1 is 1.16 bits per heavy atom. The summed E-state index contributed by atoms with van der Waals surface area (Å²) in [5, 5.41) is 2.82. The molecule has 0 saturated carbocycles. The number of benzene rings is 1. The van der Waals surface area contributed by atoms with Gasteiger partial charge >= 0.3 is 11.9 Å². The number of rotatable bonds is 3. The van der Waals surface area contributed by atoms with E-state index in [1.54, 1.807) is 6.07 Å². The Morgan fingerprint density at radius 2 is 1.80 bits per heavy atom. The molecule has 0 atom stereocenters. The third kappa shape index (κ3) is 3.90. The molecule has 25 heavy (non-hydrogen) atoms. The largest absolute Gasteiger partial charge is 0.419 e. The average Bonchev–Trinajstić information content (AvgIpc) is 2.54. The first-order chi connectivity index (χ1) is 11.9. The van der Waals surface area contributed by atoms with Gasteiger partial charge in [0.2, 0.25) is 0 Å². The lowest BCUT2D eigenvalue weighted by atomic mass is 10.2. The van der Waals surface area contributed by atoms with Crippen molar-refractivity contribution in [2.24, 2.45) is 0 Å². The molecule has 0 amide bonds. The summed E-state index contributed by atoms with van der Waals surface area (Å²) in [5.41, 5.74) is 0.899. The molecule has 7 nitrogen and oxygen atoms in total. The Balaban J connectivity index is 1.84. The van der Waals surface area contributed by atoms with E-state index in [0.717, 1.165) is 5.69 Å². The van der Waals surface area contributed by atoms with Gasteiger partial charge < -0.3 is 24.4 Å². The third-order valence-corrected chi connectivity index (χ3v) is 3.80. The fourth-order valence-electron chi connectivity index (χ4n) is 2.63. The molecule has 0 aliphatic carbocycles. The van der Waals surface area contributed by atoms with Crippen molar-refractivity contribution >= 4 is 23.3 Å². The van der Waals surface area contributed by atoms with Crippen molar-refractivity contribution in [3.8, 4) is 0 Å². The highest BCUT2D eigenvalue weighted by atomic mass is 19.1. The number of esters is 2. The van der Waals surface area contributed by atoms with Gasteiger partial charge in [-0.15, -0.1) is 0 Å². The van der Waals surface area contributed by atoms with E-state index in [2.05, 4.69) is 5.32 Å². The zero-order chi connectivity index (χ0) is 18.0. The number of nitrogens with zero attached hydrogens (tertiary/aromatic N) is 1. The molecule has 0 bridgehead atoms. The van der Waals surface area contributed by atoms with E-state index in [9.17, 15) is 14.0 Å². The maximum absolute atomic E-state index is 13.6. The Kier molecular flexibility index (Phi) is 4.63. The number of morpholine rings is 1. The molecule has 2 fully saturated rings. The Bertz CT molecular complexity index is 704. The fourth-order valence-corrected chi connectivity index (χ4v) is 2.63. The summed E-state index contributed by atoms with van der Waals surface area (Å²) in [6, 6.07) is 4.29. The van der Waals surface area contributed by atoms with Crippen LogP contribution in [-0.4, -0.2) is 44.0 Å². The van der Waals surface area contributed by atoms with Gasteiger partial charge in [-0.3, -0.25) is 0 Å². The van der Waals surface area contributed by atoms with Crippen LogP contribution >= 0.6 is 0 Å². The average molecular weight is 350 g/mol. The number of hydrogen-bond donors (Lipinski definition) is 1. The molecule has 1 aromatic carbocycles. The van der Waals surface area contributed by atoms with Crippen molar-refractivity contribution < 1.29 is 28.2 Å². The third-order valence-electron chi connectivity index (χ3n) is 3.80. The van der Waals surface area contributed by atoms with Crippen molar-refractivity contribution in [2.45, 2.75) is 19.6 Å². The van der Waals surface area contributed by atoms with E-state index >= 15 is 0 Å². The van der Waals surface area contributed by atoms with Crippen molar-refractivity contribution in [1.82, 2.24) is 0 Å². The highest BCUT2D eigenvalue weighted by Gasteiger charge is 2.39. The number of hydrogen-bond acceptors (Lipinski definition) is 7. The van der Waals surface area contributed by atoms with Gasteiger partial charge in [-0.1, -0.05) is 0 Å². The van der Waals surface area contributed by atoms with Crippen LogP contribution in [0, 0.1) is 5.82 Å². The molecular weight excluding hydrogens is 331 g/mol. The van der Waals surface area contributed by atoms with E-state index < -0.39 is 23.5 Å². The van der Waals surface area contributed by atoms with E-state index in [1.165, 1.54) is 32.2 Å². The van der Waals surface area contributed by atoms with Crippen molar-refractivity contribution in [1.29, 1.82) is 0 Å². The molecule has 2 aliphatic rings. The lowest BCUT2D eigenvalue weighted by Crippen LogP contribution is -2.42. The van der Waals surface area contributed by atoms with Crippen LogP contribution in [0.15, 0.2) is 30.0 Å². The van der Waals surface area contributed by atoms with Gasteiger partial charge in [-0.25, -0.2) is 14.0 Å². The second-order valence-corrected chi connectivity index (χ2v) is 6.14. The number of carbonyl (C=O) groups is 2. The fraction of sp³-hybridized carbons (Fsp3) is 0.412. The molecule has 3 rings (SSSR count). The Morgan fingerprint density at radius 3 is 2.44 bits per heavy atom. The lowest BCUT2D eigenvalue weighted by Gasteiger charge is -2.31. The highest BCUT2D eigenvalue weighted by molar-refractivity contribution is 6.15. The van der Waals surface area contributed by atoms with Gasteiger partial charge in [-0.2, -0.15) is 0 Å². The molecule has 0 unspecified atom stereocenters. The minimum atomic E-state index is -1.30. The molecule has 1 aromatic rings. The number of cyclic esters (lactones) is 2. The summed E-state index contributed by atoms with van der Waals surface area (Å²) in [7, 11) is 0. The monoisotopic (exact) mass is 350 g/mol. The minimum Gasteiger partial charge on any atom is -0.419 e. The van der Waals surface area contributed by atoms with Gasteiger partial charge in [0.15, 0.2) is 5.57 Å². The van der Waals surface area contributed by atoms with E-state index in [1.807, 2.05) is 4.90 Å². The predicted octanol–water partition coefficient (Wildman–Crippen LogP) is 1.79. The summed E-state index contributed by atoms with van der Waals surface area (Å²) in [5.74, 6) is -3.33. The summed E-state index contributed by atoms with van der Waals surface area (Å²) in [6.07, 6.45) is 1.18. The number of ether oxygens (including phenoxy) is 3. The topological polar surface area (TPSA) is 77.1 Å². The second-order valence-electron chi connectivity index (χ2n) is 6.14. The molecule has 1 N–H and O–H groups in total. The van der Waals surface area contributed by atoms with Crippen LogP contribution in [0.25, 0.3) is 0 Å². The second kappa shape index (κ2) is 6.72. The molecule has 0 radical (unpaired) electrons. The SMILES string of the molecule is CC1(C)OC(=O)C(=CNc2cc(F)ccc2N2CCOCC2)C(=O)O1. The molecule has 2 aliphatic heterocycles. The van der Waals surface area contributed by atoms with Crippen molar-refractivity contribution in [3.05, 3.63) is 35.8 Å². The minimum absolute atomic E-state index is 0.281. The summed E-state index contributed by atoms with van der Waals surface area (Å²) < 4.78 is 29.0. The van der Waals surface area contributed by atoms with Crippen molar-refractivity contribution in [3.63, 3.8) is 0 Å². The Labute approximate surface area is 144 Å². The summed E-state index contributed by atoms with van der Waals surface area (Å²) >= 11 is 0. The first-order valence-corrected chi connectivity index (χ1v) is 7.91. The van der Waals surface area contributed by atoms with Crippen LogP contribution in [0.4, 0.5) is 15.8 Å². The van der Waals surface area contributed by atoms with Crippen molar-refractivity contribution in [2.75, 3.05) is 36.5 Å². The van der Waals surface area contributed by atoms with Gasteiger partial charge in [0.25, 0.3) is 5.79 Å². The Hall–Kier alpha value is -2.61. The van der Waals surface area contributed by atoms with Crippen LogP contribution in [0.5, 0.6) is 0 Å². The van der Waals surface area contributed by atoms with E-state index in [0.29, 0.717) is 32.0 Å². The molecule has 134 valence electrons. The van der Waals surface area contributed by atoms with Gasteiger partial charge in [0.1, 0.15) is 5.82 Å². The van der Waals surface area contributed by atoms with Gasteiger partial charge in [-0.05, 0) is 18.2 Å². The first-order valence-electron chi connectivity index (χ1n) is 7.91. The number of carbonyl (C=O) groups excluding carboxylic acids is 2. The highest BCUT2D eigenvalue weighted by Crippen LogP contribution is 2.29. The number of halogens is 1. The van der Waals surface area contributed by atoms with E-state index in [4.69, 9.17) is 14.2 Å². The van der Waals surface area contributed by atoms with Crippen LogP contribution in [0.1, 0.15) is 13.8 Å². The molecule has 2 saturated heterocycles. The van der Waals surface area contributed by atoms with Crippen LogP contribution in [0.3, 0.4) is 0 Å². The van der Waals surface area contributed by atoms with Gasteiger partial charge in [0, 0.05) is 33.1 Å². The van der Waals surface area contributed by atoms with Crippen LogP contribution < -0.4 is 10.2 Å². The molecular formula is C17H19FN2O5. The lowest BCUT2D eigenvalue weighted by molar-refractivity contribution is -0.222. The first kappa shape index (κ1) is 17.2. The predicted molar refractivity (Wildman–Crippen MR) is 87.4 cm³/mol. The molecule has 2 heterocycles. The molecule has 0 spiro atoms. The van der Waals surface area contributed by atoms with E-state index in [-0.39, 0.29) is 5.57 Å². The zero-order valence-electron chi connectivity index (χ0n) is 14.0. The molecule has 0 aromatic heterocycles. The van der Waals surface area contributed by atoms with Crippen LogP contribution in [-0.2, 0) is 23.8 Å². The number of anilines is 2. The number of nitrogens with one attached hydrogen (secondary N) is 1. The maximum Gasteiger partial charge on any atom is 0.350 e. The quantitative estimate of drug-likeness (QED) is 0.506.